The minimum atomic E-state index is -1.14. The molecule has 0 unspecified atom stereocenters. The van der Waals surface area contributed by atoms with Gasteiger partial charge in [0.25, 0.3) is 0 Å². The number of benzene rings is 5. The summed E-state index contributed by atoms with van der Waals surface area (Å²) >= 11 is 0. The van der Waals surface area contributed by atoms with Crippen LogP contribution in [0.2, 0.25) is 0 Å². The van der Waals surface area contributed by atoms with E-state index < -0.39 is 19.6 Å². The maximum atomic E-state index is 14.9. The van der Waals surface area contributed by atoms with Crippen molar-refractivity contribution in [1.29, 1.82) is 0 Å². The number of hydrogen-bond acceptors (Lipinski definition) is 0. The third kappa shape index (κ3) is 4.43. The van der Waals surface area contributed by atoms with Gasteiger partial charge in [0.05, 0.1) is 0 Å². The summed E-state index contributed by atoms with van der Waals surface area (Å²) in [5.74, 6) is -1.66. The molecule has 0 radical (unpaired) electrons. The molecule has 0 aliphatic heterocycles. The second-order valence-corrected chi connectivity index (χ2v) is 10.7. The maximum absolute atomic E-state index is 14.9. The normalized spacial score (nSPS) is 11.9. The quantitative estimate of drug-likeness (QED) is 0.225. The number of rotatable bonds is 5. The fourth-order valence-corrected chi connectivity index (χ4v) is 7.00. The summed E-state index contributed by atoms with van der Waals surface area (Å²) < 4.78 is 29.9. The Hall–Kier alpha value is -3.61. The summed E-state index contributed by atoms with van der Waals surface area (Å²) in [5.41, 5.74) is 3.78. The van der Waals surface area contributed by atoms with Crippen LogP contribution < -0.4 is 15.9 Å². The average Bonchev–Trinajstić information content (AvgIpc) is 2.91. The average molecular weight is 479 g/mol. The lowest BCUT2D eigenvalue weighted by atomic mass is 9.90. The second-order valence-electron chi connectivity index (χ2n) is 8.47. The van der Waals surface area contributed by atoms with E-state index in [1.54, 1.807) is 0 Å². The van der Waals surface area contributed by atoms with Crippen LogP contribution in [0.4, 0.5) is 8.78 Å². The Morgan fingerprint density at radius 2 is 1.26 bits per heavy atom. The highest BCUT2D eigenvalue weighted by Crippen LogP contribution is 2.42. The van der Waals surface area contributed by atoms with Crippen LogP contribution in [0, 0.1) is 11.6 Å². The first-order valence-corrected chi connectivity index (χ1v) is 13.0. The molecule has 0 N–H and O–H groups in total. The highest BCUT2D eigenvalue weighted by Gasteiger charge is 2.25. The third-order valence-corrected chi connectivity index (χ3v) is 8.85. The maximum Gasteiger partial charge on any atom is 0.159 e. The van der Waals surface area contributed by atoms with E-state index in [4.69, 9.17) is 0 Å². The van der Waals surface area contributed by atoms with Crippen molar-refractivity contribution in [3.63, 3.8) is 0 Å². The van der Waals surface area contributed by atoms with Gasteiger partial charge in [-0.25, -0.2) is 8.78 Å². The minimum Gasteiger partial charge on any atom is -0.204 e. The third-order valence-electron chi connectivity index (χ3n) is 6.36. The van der Waals surface area contributed by atoms with Crippen LogP contribution in [0.25, 0.3) is 27.5 Å². The summed E-state index contributed by atoms with van der Waals surface area (Å²) in [6, 6.07) is 35.4. The standard InChI is InChI=1S/C32H25F2P/c1-3-22(2)26-19-18-23-12-10-11-17-27(23)32(26)28-20-29(33)30(34)21-31(28)35(24-13-6-4-7-14-24)25-15-8-5-9-16-25/h3-21H,1-2H3/b22-3+. The molecule has 5 aromatic rings. The molecule has 0 aliphatic carbocycles. The summed E-state index contributed by atoms with van der Waals surface area (Å²) in [5, 5.41) is 5.07. The monoisotopic (exact) mass is 478 g/mol. The Labute approximate surface area is 206 Å². The lowest BCUT2D eigenvalue weighted by molar-refractivity contribution is 0.510. The first-order chi connectivity index (χ1) is 17.1. The van der Waals surface area contributed by atoms with Crippen molar-refractivity contribution in [2.24, 2.45) is 0 Å². The zero-order valence-corrected chi connectivity index (χ0v) is 20.6. The Morgan fingerprint density at radius 3 is 1.89 bits per heavy atom. The van der Waals surface area contributed by atoms with Crippen molar-refractivity contribution in [2.45, 2.75) is 13.8 Å². The van der Waals surface area contributed by atoms with E-state index in [1.165, 1.54) is 12.1 Å². The second kappa shape index (κ2) is 9.94. The van der Waals surface area contributed by atoms with E-state index in [1.807, 2.05) is 55.5 Å². The van der Waals surface area contributed by atoms with Crippen LogP contribution in [0.3, 0.4) is 0 Å². The van der Waals surface area contributed by atoms with Gasteiger partial charge in [-0.3, -0.25) is 0 Å². The zero-order chi connectivity index (χ0) is 24.4. The number of hydrogen-bond donors (Lipinski definition) is 0. The Morgan fingerprint density at radius 1 is 0.686 bits per heavy atom. The molecule has 0 bridgehead atoms. The van der Waals surface area contributed by atoms with Crippen LogP contribution in [0.5, 0.6) is 0 Å². The fourth-order valence-electron chi connectivity index (χ4n) is 4.55. The smallest absolute Gasteiger partial charge is 0.159 e. The van der Waals surface area contributed by atoms with Gasteiger partial charge in [-0.2, -0.15) is 0 Å². The molecule has 0 heterocycles. The molecular weight excluding hydrogens is 453 g/mol. The SMILES string of the molecule is C/C=C(\C)c1ccc2ccccc2c1-c1cc(F)c(F)cc1P(c1ccccc1)c1ccccc1. The van der Waals surface area contributed by atoms with Gasteiger partial charge in [-0.15, -0.1) is 0 Å². The molecule has 0 spiro atoms. The molecule has 0 saturated carbocycles. The van der Waals surface area contributed by atoms with Crippen LogP contribution in [0.15, 0.2) is 115 Å². The van der Waals surface area contributed by atoms with Gasteiger partial charge in [0, 0.05) is 0 Å². The van der Waals surface area contributed by atoms with Gasteiger partial charge in [0.1, 0.15) is 0 Å². The van der Waals surface area contributed by atoms with Gasteiger partial charge in [0.2, 0.25) is 0 Å². The van der Waals surface area contributed by atoms with Crippen molar-refractivity contribution < 1.29 is 8.78 Å². The van der Waals surface area contributed by atoms with Crippen molar-refractivity contribution in [2.75, 3.05) is 0 Å². The van der Waals surface area contributed by atoms with Crippen LogP contribution in [-0.4, -0.2) is 0 Å². The van der Waals surface area contributed by atoms with E-state index in [2.05, 4.69) is 61.5 Å². The minimum absolute atomic E-state index is 0.732. The van der Waals surface area contributed by atoms with E-state index in [9.17, 15) is 8.78 Å². The molecule has 0 amide bonds. The van der Waals surface area contributed by atoms with Gasteiger partial charge in [0.15, 0.2) is 11.6 Å². The summed E-state index contributed by atoms with van der Waals surface area (Å²) in [6.45, 7) is 4.06. The van der Waals surface area contributed by atoms with E-state index >= 15 is 0 Å². The Balaban J connectivity index is 1.91. The zero-order valence-electron chi connectivity index (χ0n) is 19.7. The van der Waals surface area contributed by atoms with E-state index in [-0.39, 0.29) is 0 Å². The lowest BCUT2D eigenvalue weighted by Crippen LogP contribution is -2.23. The topological polar surface area (TPSA) is 0 Å². The fraction of sp³-hybridized carbons (Fsp3) is 0.0625. The van der Waals surface area contributed by atoms with E-state index in [0.29, 0.717) is 0 Å². The van der Waals surface area contributed by atoms with Crippen LogP contribution in [0.1, 0.15) is 19.4 Å². The molecule has 5 aromatic carbocycles. The first kappa shape index (κ1) is 23.1. The number of halogens is 2. The molecule has 0 aliphatic rings. The van der Waals surface area contributed by atoms with Crippen LogP contribution in [-0.2, 0) is 0 Å². The summed E-state index contributed by atoms with van der Waals surface area (Å²) in [6.07, 6.45) is 2.06. The van der Waals surface area contributed by atoms with Gasteiger partial charge in [-0.05, 0) is 82.9 Å². The van der Waals surface area contributed by atoms with Gasteiger partial charge in [-0.1, -0.05) is 103 Å². The molecule has 0 aromatic heterocycles. The Bertz CT molecular complexity index is 1480. The predicted octanol–water partition coefficient (Wildman–Crippen LogP) is 7.97. The van der Waals surface area contributed by atoms with Crippen molar-refractivity contribution >= 4 is 40.2 Å². The molecule has 172 valence electrons. The van der Waals surface area contributed by atoms with Crippen molar-refractivity contribution in [3.05, 3.63) is 132 Å². The lowest BCUT2D eigenvalue weighted by Gasteiger charge is -2.25. The highest BCUT2D eigenvalue weighted by atomic mass is 31.1. The number of allylic oxidation sites excluding steroid dienone is 2. The van der Waals surface area contributed by atoms with E-state index in [0.717, 1.165) is 48.9 Å². The van der Waals surface area contributed by atoms with Gasteiger partial charge < -0.3 is 0 Å². The molecule has 0 atom stereocenters. The number of fused-ring (bicyclic) bond motifs is 1. The van der Waals surface area contributed by atoms with Crippen molar-refractivity contribution in [3.8, 4) is 11.1 Å². The molecule has 35 heavy (non-hydrogen) atoms. The Kier molecular flexibility index (Phi) is 6.57. The summed E-state index contributed by atoms with van der Waals surface area (Å²) in [4.78, 5) is 0. The van der Waals surface area contributed by atoms with Crippen LogP contribution >= 0.6 is 7.92 Å². The summed E-state index contributed by atoms with van der Waals surface area (Å²) in [7, 11) is -1.14. The molecule has 0 saturated heterocycles. The molecular formula is C32H25F2P. The molecule has 5 rings (SSSR count). The predicted molar refractivity (Wildman–Crippen MR) is 147 cm³/mol. The highest BCUT2D eigenvalue weighted by molar-refractivity contribution is 7.80. The van der Waals surface area contributed by atoms with Crippen molar-refractivity contribution in [1.82, 2.24) is 0 Å². The molecule has 0 nitrogen and oxygen atoms in total. The molecule has 3 heteroatoms. The van der Waals surface area contributed by atoms with Gasteiger partial charge >= 0.3 is 0 Å². The largest absolute Gasteiger partial charge is 0.204 e. The first-order valence-electron chi connectivity index (χ1n) is 11.6. The molecule has 0 fully saturated rings.